The number of carbonyl (C=O) groups is 2. The molecule has 8 nitrogen and oxygen atoms in total. The molecule has 0 radical (unpaired) electrons. The van der Waals surface area contributed by atoms with Gasteiger partial charge in [-0.1, -0.05) is 42.5 Å². The minimum absolute atomic E-state index is 0.0535. The lowest BCUT2D eigenvalue weighted by Gasteiger charge is -2.32. The summed E-state index contributed by atoms with van der Waals surface area (Å²) in [5, 5.41) is 10.9. The van der Waals surface area contributed by atoms with Gasteiger partial charge in [0, 0.05) is 5.39 Å². The van der Waals surface area contributed by atoms with Crippen LogP contribution >= 0.6 is 0 Å². The van der Waals surface area contributed by atoms with Crippen LogP contribution in [-0.4, -0.2) is 49.6 Å². The highest BCUT2D eigenvalue weighted by Gasteiger charge is 2.33. The van der Waals surface area contributed by atoms with Crippen LogP contribution in [0.1, 0.15) is 11.3 Å². The molecule has 2 heterocycles. The third kappa shape index (κ3) is 4.42. The molecule has 3 aromatic rings. The number of carbonyl (C=O) groups excluding carboxylic acids is 2. The van der Waals surface area contributed by atoms with Crippen molar-refractivity contribution in [3.8, 4) is 5.75 Å². The molecule has 0 amide bonds. The van der Waals surface area contributed by atoms with Crippen LogP contribution < -0.4 is 4.90 Å². The average molecular weight is 446 g/mol. The van der Waals surface area contributed by atoms with Crippen LogP contribution in [0.4, 0.5) is 5.69 Å². The van der Waals surface area contributed by atoms with Crippen molar-refractivity contribution in [3.63, 3.8) is 0 Å². The second-order valence-electron chi connectivity index (χ2n) is 7.19. The number of para-hydroxylation sites is 2. The minimum Gasteiger partial charge on any atom is -0.506 e. The zero-order chi connectivity index (χ0) is 23.4. The molecule has 4 rings (SSSR count). The van der Waals surface area contributed by atoms with Crippen molar-refractivity contribution < 1.29 is 28.9 Å². The van der Waals surface area contributed by atoms with Gasteiger partial charge in [-0.15, -0.1) is 0 Å². The Bertz CT molecular complexity index is 1280. The Balaban J connectivity index is 1.75. The lowest BCUT2D eigenvalue weighted by Crippen LogP contribution is -2.39. The summed E-state index contributed by atoms with van der Waals surface area (Å²) in [5.74, 6) is -1.21. The van der Waals surface area contributed by atoms with E-state index < -0.39 is 11.9 Å². The van der Waals surface area contributed by atoms with Gasteiger partial charge >= 0.3 is 11.9 Å². The summed E-state index contributed by atoms with van der Waals surface area (Å²) in [6, 6.07) is 16.3. The predicted molar refractivity (Wildman–Crippen MR) is 123 cm³/mol. The van der Waals surface area contributed by atoms with Crippen molar-refractivity contribution in [1.29, 1.82) is 0 Å². The largest absolute Gasteiger partial charge is 0.506 e. The fourth-order valence-corrected chi connectivity index (χ4v) is 3.62. The number of hydrogen-bond acceptors (Lipinski definition) is 8. The Morgan fingerprint density at radius 1 is 1.00 bits per heavy atom. The van der Waals surface area contributed by atoms with Gasteiger partial charge in [-0.3, -0.25) is 0 Å². The molecule has 0 saturated heterocycles. The highest BCUT2D eigenvalue weighted by molar-refractivity contribution is 6.04. The zero-order valence-electron chi connectivity index (χ0n) is 18.1. The maximum atomic E-state index is 12.6. The fraction of sp³-hybridized carbons (Fsp3) is 0.160. The van der Waals surface area contributed by atoms with Gasteiger partial charge in [0.15, 0.2) is 0 Å². The molecule has 33 heavy (non-hydrogen) atoms. The van der Waals surface area contributed by atoms with Gasteiger partial charge in [0.2, 0.25) is 0 Å². The summed E-state index contributed by atoms with van der Waals surface area (Å²) in [4.78, 5) is 31.0. The van der Waals surface area contributed by atoms with Crippen molar-refractivity contribution in [2.24, 2.45) is 0 Å². The van der Waals surface area contributed by atoms with Gasteiger partial charge < -0.3 is 24.2 Å². The Morgan fingerprint density at radius 3 is 2.58 bits per heavy atom. The van der Waals surface area contributed by atoms with E-state index in [1.807, 2.05) is 48.5 Å². The Kier molecular flexibility index (Phi) is 6.37. The summed E-state index contributed by atoms with van der Waals surface area (Å²) in [7, 11) is 2.50. The van der Waals surface area contributed by atoms with Gasteiger partial charge in [-0.25, -0.2) is 14.6 Å². The van der Waals surface area contributed by atoms with E-state index in [9.17, 15) is 14.7 Å². The number of fused-ring (bicyclic) bond motifs is 1. The highest BCUT2D eigenvalue weighted by Crippen LogP contribution is 2.31. The first kappa shape index (κ1) is 22.0. The SMILES string of the molecule is COC(=O)C1=C(C(=O)OC)N(c2ccccc2C=Cc2ccc3cccc(O)c3n2)COC1. The van der Waals surface area contributed by atoms with Crippen molar-refractivity contribution in [3.05, 3.63) is 77.1 Å². The molecular formula is C25H22N2O6. The molecule has 1 N–H and O–H groups in total. The van der Waals surface area contributed by atoms with Crippen LogP contribution in [-0.2, 0) is 23.8 Å². The number of rotatable bonds is 5. The van der Waals surface area contributed by atoms with Gasteiger partial charge in [0.25, 0.3) is 0 Å². The first-order valence-corrected chi connectivity index (χ1v) is 10.1. The van der Waals surface area contributed by atoms with E-state index in [0.29, 0.717) is 16.9 Å². The molecule has 1 aliphatic heterocycles. The molecule has 0 unspecified atom stereocenters. The Morgan fingerprint density at radius 2 is 1.79 bits per heavy atom. The molecule has 0 atom stereocenters. The summed E-state index contributed by atoms with van der Waals surface area (Å²) >= 11 is 0. The molecule has 0 saturated carbocycles. The highest BCUT2D eigenvalue weighted by atomic mass is 16.5. The number of benzene rings is 2. The number of methoxy groups -OCH3 is 2. The molecule has 1 aromatic heterocycles. The third-order valence-electron chi connectivity index (χ3n) is 5.21. The first-order chi connectivity index (χ1) is 16.0. The third-order valence-corrected chi connectivity index (χ3v) is 5.21. The van der Waals surface area contributed by atoms with Gasteiger partial charge in [0.05, 0.1) is 37.8 Å². The summed E-state index contributed by atoms with van der Waals surface area (Å²) in [6.07, 6.45) is 3.64. The van der Waals surface area contributed by atoms with Crippen molar-refractivity contribution >= 4 is 40.7 Å². The predicted octanol–water partition coefficient (Wildman–Crippen LogP) is 3.51. The normalized spacial score (nSPS) is 14.1. The molecule has 168 valence electrons. The molecule has 0 spiro atoms. The minimum atomic E-state index is -0.663. The second-order valence-corrected chi connectivity index (χ2v) is 7.19. The average Bonchev–Trinajstić information content (AvgIpc) is 2.86. The van der Waals surface area contributed by atoms with Crippen LogP contribution in [0.15, 0.2) is 65.9 Å². The lowest BCUT2D eigenvalue weighted by molar-refractivity contribution is -0.140. The lowest BCUT2D eigenvalue weighted by atomic mass is 10.1. The summed E-state index contributed by atoms with van der Waals surface area (Å²) < 4.78 is 15.3. The van der Waals surface area contributed by atoms with Crippen molar-refractivity contribution in [2.75, 3.05) is 32.5 Å². The summed E-state index contributed by atoms with van der Waals surface area (Å²) in [6.45, 7) is -0.00596. The number of nitrogens with zero attached hydrogens (tertiary/aromatic N) is 2. The number of aromatic hydroxyl groups is 1. The topological polar surface area (TPSA) is 98.2 Å². The summed E-state index contributed by atoms with van der Waals surface area (Å²) in [5.41, 5.74) is 2.71. The maximum Gasteiger partial charge on any atom is 0.355 e. The van der Waals surface area contributed by atoms with Crippen LogP contribution in [0.5, 0.6) is 5.75 Å². The first-order valence-electron chi connectivity index (χ1n) is 10.1. The number of phenolic OH excluding ortho intramolecular Hbond substituents is 1. The molecule has 1 aliphatic rings. The van der Waals surface area contributed by atoms with E-state index in [1.54, 1.807) is 23.1 Å². The molecule has 0 bridgehead atoms. The second kappa shape index (κ2) is 9.54. The smallest absolute Gasteiger partial charge is 0.355 e. The van der Waals surface area contributed by atoms with E-state index >= 15 is 0 Å². The van der Waals surface area contributed by atoms with E-state index in [2.05, 4.69) is 4.98 Å². The van der Waals surface area contributed by atoms with Crippen LogP contribution in [0.2, 0.25) is 0 Å². The number of esters is 2. The number of pyridine rings is 1. The van der Waals surface area contributed by atoms with E-state index in [1.165, 1.54) is 14.2 Å². The van der Waals surface area contributed by atoms with Gasteiger partial charge in [-0.2, -0.15) is 0 Å². The van der Waals surface area contributed by atoms with Gasteiger partial charge in [-0.05, 0) is 29.8 Å². The van der Waals surface area contributed by atoms with E-state index in [-0.39, 0.29) is 30.4 Å². The van der Waals surface area contributed by atoms with Crippen molar-refractivity contribution in [1.82, 2.24) is 4.98 Å². The monoisotopic (exact) mass is 446 g/mol. The number of phenols is 1. The van der Waals surface area contributed by atoms with Crippen molar-refractivity contribution in [2.45, 2.75) is 0 Å². The number of anilines is 1. The molecule has 0 fully saturated rings. The Labute approximate surface area is 190 Å². The van der Waals surface area contributed by atoms with Crippen LogP contribution in [0.3, 0.4) is 0 Å². The maximum absolute atomic E-state index is 12.6. The number of hydrogen-bond donors (Lipinski definition) is 1. The fourth-order valence-electron chi connectivity index (χ4n) is 3.62. The van der Waals surface area contributed by atoms with E-state index in [0.717, 1.165) is 10.9 Å². The number of ether oxygens (including phenoxy) is 3. The van der Waals surface area contributed by atoms with Crippen LogP contribution in [0.25, 0.3) is 23.1 Å². The quantitative estimate of drug-likeness (QED) is 0.595. The zero-order valence-corrected chi connectivity index (χ0v) is 18.1. The molecular weight excluding hydrogens is 424 g/mol. The molecule has 0 aliphatic carbocycles. The Hall–Kier alpha value is -4.17. The standard InChI is InChI=1S/C25H22N2O6/c1-31-24(29)19-14-33-15-27(23(19)25(30)32-2)20-8-4-3-6-16(20)10-12-18-13-11-17-7-5-9-21(28)22(17)26-18/h3-13,28H,14-15H2,1-2H3. The van der Waals surface area contributed by atoms with Crippen LogP contribution in [0, 0.1) is 0 Å². The molecule has 2 aromatic carbocycles. The number of aromatic nitrogens is 1. The van der Waals surface area contributed by atoms with Gasteiger partial charge in [0.1, 0.15) is 23.7 Å². The van der Waals surface area contributed by atoms with E-state index in [4.69, 9.17) is 14.2 Å². The molecule has 8 heteroatoms.